The van der Waals surface area contributed by atoms with Gasteiger partial charge in [-0.05, 0) is 30.7 Å². The van der Waals surface area contributed by atoms with E-state index in [4.69, 9.17) is 4.74 Å². The number of nitrogens with one attached hydrogen (secondary N) is 1. The summed E-state index contributed by atoms with van der Waals surface area (Å²) in [5.41, 5.74) is 2.30. The van der Waals surface area contributed by atoms with E-state index >= 15 is 0 Å². The van der Waals surface area contributed by atoms with Crippen molar-refractivity contribution in [3.05, 3.63) is 29.3 Å². The standard InChI is InChI=1S/C13H15NO3/c1-2-5-17-13(16)10-6-9-7-11(15)3-4-12(9)14-8-10/h3-4,6-7,14-15H,2,5,8H2,1H3. The maximum absolute atomic E-state index is 11.7. The van der Waals surface area contributed by atoms with E-state index in [9.17, 15) is 9.90 Å². The topological polar surface area (TPSA) is 58.6 Å². The predicted octanol–water partition coefficient (Wildman–Crippen LogP) is 2.15. The van der Waals surface area contributed by atoms with Crippen molar-refractivity contribution in [2.45, 2.75) is 13.3 Å². The van der Waals surface area contributed by atoms with Gasteiger partial charge in [-0.2, -0.15) is 0 Å². The summed E-state index contributed by atoms with van der Waals surface area (Å²) >= 11 is 0. The number of phenolic OH excluding ortho intramolecular Hbond substituents is 1. The summed E-state index contributed by atoms with van der Waals surface area (Å²) in [6, 6.07) is 5.02. The van der Waals surface area contributed by atoms with E-state index in [1.165, 1.54) is 0 Å². The summed E-state index contributed by atoms with van der Waals surface area (Å²) in [6.45, 7) is 2.84. The molecule has 0 aromatic heterocycles. The maximum atomic E-state index is 11.7. The number of ether oxygens (including phenoxy) is 1. The third-order valence-corrected chi connectivity index (χ3v) is 2.53. The normalized spacial score (nSPS) is 13.4. The molecule has 0 bridgehead atoms. The first-order valence-electron chi connectivity index (χ1n) is 5.65. The van der Waals surface area contributed by atoms with Crippen LogP contribution in [0, 0.1) is 0 Å². The molecule has 0 radical (unpaired) electrons. The molecule has 2 rings (SSSR count). The summed E-state index contributed by atoms with van der Waals surface area (Å²) in [5.74, 6) is -0.113. The van der Waals surface area contributed by atoms with Crippen LogP contribution in [0.3, 0.4) is 0 Å². The van der Waals surface area contributed by atoms with Crippen molar-refractivity contribution in [3.63, 3.8) is 0 Å². The number of carbonyl (C=O) groups excluding carboxylic acids is 1. The number of anilines is 1. The first-order valence-corrected chi connectivity index (χ1v) is 5.65. The molecule has 2 N–H and O–H groups in total. The van der Waals surface area contributed by atoms with Crippen molar-refractivity contribution in [1.82, 2.24) is 0 Å². The molecule has 4 heteroatoms. The second-order valence-electron chi connectivity index (χ2n) is 3.93. The molecule has 90 valence electrons. The third-order valence-electron chi connectivity index (χ3n) is 2.53. The highest BCUT2D eigenvalue weighted by Gasteiger charge is 2.16. The fourth-order valence-electron chi connectivity index (χ4n) is 1.68. The molecule has 17 heavy (non-hydrogen) atoms. The lowest BCUT2D eigenvalue weighted by molar-refractivity contribution is -0.138. The van der Waals surface area contributed by atoms with Gasteiger partial charge in [-0.3, -0.25) is 0 Å². The second-order valence-corrected chi connectivity index (χ2v) is 3.93. The Balaban J connectivity index is 2.19. The second kappa shape index (κ2) is 4.91. The van der Waals surface area contributed by atoms with Gasteiger partial charge in [0.2, 0.25) is 0 Å². The lowest BCUT2D eigenvalue weighted by Gasteiger charge is -2.17. The van der Waals surface area contributed by atoms with E-state index in [-0.39, 0.29) is 11.7 Å². The first-order chi connectivity index (χ1) is 8.20. The molecule has 0 atom stereocenters. The van der Waals surface area contributed by atoms with Crippen molar-refractivity contribution in [2.75, 3.05) is 18.5 Å². The monoisotopic (exact) mass is 233 g/mol. The molecule has 1 aliphatic rings. The maximum Gasteiger partial charge on any atom is 0.335 e. The Morgan fingerprint density at radius 1 is 1.53 bits per heavy atom. The van der Waals surface area contributed by atoms with Crippen LogP contribution in [0.1, 0.15) is 18.9 Å². The van der Waals surface area contributed by atoms with Gasteiger partial charge in [-0.1, -0.05) is 6.92 Å². The molecule has 0 saturated heterocycles. The number of carbonyl (C=O) groups is 1. The first kappa shape index (κ1) is 11.5. The SMILES string of the molecule is CCCOC(=O)C1=Cc2cc(O)ccc2NC1. The van der Waals surface area contributed by atoms with Gasteiger partial charge in [0.1, 0.15) is 5.75 Å². The van der Waals surface area contributed by atoms with Gasteiger partial charge in [0, 0.05) is 17.8 Å². The van der Waals surface area contributed by atoms with Gasteiger partial charge in [-0.25, -0.2) is 4.79 Å². The van der Waals surface area contributed by atoms with Gasteiger partial charge < -0.3 is 15.2 Å². The van der Waals surface area contributed by atoms with Crippen LogP contribution < -0.4 is 5.32 Å². The molecule has 0 amide bonds. The number of aromatic hydroxyl groups is 1. The number of hydrogen-bond donors (Lipinski definition) is 2. The number of hydrogen-bond acceptors (Lipinski definition) is 4. The Morgan fingerprint density at radius 3 is 3.12 bits per heavy atom. The molecule has 1 heterocycles. The van der Waals surface area contributed by atoms with Crippen molar-refractivity contribution < 1.29 is 14.6 Å². The van der Waals surface area contributed by atoms with Gasteiger partial charge in [0.05, 0.1) is 12.2 Å². The summed E-state index contributed by atoms with van der Waals surface area (Å²) in [4.78, 5) is 11.7. The molecule has 1 aromatic carbocycles. The third kappa shape index (κ3) is 2.58. The van der Waals surface area contributed by atoms with E-state index in [1.807, 2.05) is 6.92 Å². The van der Waals surface area contributed by atoms with Gasteiger partial charge in [0.25, 0.3) is 0 Å². The number of fused-ring (bicyclic) bond motifs is 1. The number of benzene rings is 1. The highest BCUT2D eigenvalue weighted by Crippen LogP contribution is 2.27. The molecular formula is C13H15NO3. The number of esters is 1. The average Bonchev–Trinajstić information content (AvgIpc) is 2.35. The largest absolute Gasteiger partial charge is 0.508 e. The zero-order valence-electron chi connectivity index (χ0n) is 9.69. The molecule has 4 nitrogen and oxygen atoms in total. The van der Waals surface area contributed by atoms with Crippen LogP contribution in [0.25, 0.3) is 6.08 Å². The molecular weight excluding hydrogens is 218 g/mol. The highest BCUT2D eigenvalue weighted by molar-refractivity contribution is 5.97. The Hall–Kier alpha value is -1.97. The van der Waals surface area contributed by atoms with Crippen molar-refractivity contribution >= 4 is 17.7 Å². The minimum atomic E-state index is -0.298. The fraction of sp³-hybridized carbons (Fsp3) is 0.308. The van der Waals surface area contributed by atoms with Crippen molar-refractivity contribution in [3.8, 4) is 5.75 Å². The van der Waals surface area contributed by atoms with Crippen LogP contribution in [-0.4, -0.2) is 24.2 Å². The van der Waals surface area contributed by atoms with E-state index in [0.717, 1.165) is 17.7 Å². The van der Waals surface area contributed by atoms with Crippen LogP contribution in [0.15, 0.2) is 23.8 Å². The Morgan fingerprint density at radius 2 is 2.35 bits per heavy atom. The summed E-state index contributed by atoms with van der Waals surface area (Å²) in [6.07, 6.45) is 2.56. The predicted molar refractivity (Wildman–Crippen MR) is 65.8 cm³/mol. The molecule has 1 aromatic rings. The lowest BCUT2D eigenvalue weighted by Crippen LogP contribution is -2.19. The Labute approximate surface area is 99.9 Å². The summed E-state index contributed by atoms with van der Waals surface area (Å²) in [5, 5.41) is 12.5. The number of rotatable bonds is 3. The van der Waals surface area contributed by atoms with E-state index < -0.39 is 0 Å². The van der Waals surface area contributed by atoms with Crippen LogP contribution in [0.2, 0.25) is 0 Å². The minimum Gasteiger partial charge on any atom is -0.508 e. The smallest absolute Gasteiger partial charge is 0.335 e. The van der Waals surface area contributed by atoms with Crippen LogP contribution in [-0.2, 0) is 9.53 Å². The zero-order valence-corrected chi connectivity index (χ0v) is 9.69. The van der Waals surface area contributed by atoms with Crippen LogP contribution in [0.5, 0.6) is 5.75 Å². The summed E-state index contributed by atoms with van der Waals surface area (Å²) in [7, 11) is 0. The zero-order chi connectivity index (χ0) is 12.3. The van der Waals surface area contributed by atoms with Crippen molar-refractivity contribution in [2.24, 2.45) is 0 Å². The minimum absolute atomic E-state index is 0.185. The number of phenols is 1. The molecule has 0 spiro atoms. The van der Waals surface area contributed by atoms with Crippen molar-refractivity contribution in [1.29, 1.82) is 0 Å². The molecule has 1 aliphatic heterocycles. The molecule has 0 fully saturated rings. The fourth-order valence-corrected chi connectivity index (χ4v) is 1.68. The van der Waals surface area contributed by atoms with E-state index in [1.54, 1.807) is 24.3 Å². The molecule has 0 unspecified atom stereocenters. The molecule has 0 saturated carbocycles. The quantitative estimate of drug-likeness (QED) is 0.620. The highest BCUT2D eigenvalue weighted by atomic mass is 16.5. The Bertz CT molecular complexity index is 466. The van der Waals surface area contributed by atoms with Crippen LogP contribution in [0.4, 0.5) is 5.69 Å². The average molecular weight is 233 g/mol. The van der Waals surface area contributed by atoms with Crippen LogP contribution >= 0.6 is 0 Å². The van der Waals surface area contributed by atoms with E-state index in [0.29, 0.717) is 18.7 Å². The molecule has 0 aliphatic carbocycles. The summed E-state index contributed by atoms with van der Waals surface area (Å²) < 4.78 is 5.07. The van der Waals surface area contributed by atoms with E-state index in [2.05, 4.69) is 5.32 Å². The van der Waals surface area contributed by atoms with Gasteiger partial charge in [0.15, 0.2) is 0 Å². The Kier molecular flexibility index (Phi) is 3.32. The van der Waals surface area contributed by atoms with Gasteiger partial charge >= 0.3 is 5.97 Å². The lowest BCUT2D eigenvalue weighted by atomic mass is 10.0. The van der Waals surface area contributed by atoms with Gasteiger partial charge in [-0.15, -0.1) is 0 Å².